The van der Waals surface area contributed by atoms with Gasteiger partial charge in [-0.15, -0.1) is 12.4 Å². The van der Waals surface area contributed by atoms with Gasteiger partial charge in [-0.25, -0.2) is 0 Å². The zero-order chi connectivity index (χ0) is 13.4. The molecular weight excluding hydrogens is 276 g/mol. The van der Waals surface area contributed by atoms with Gasteiger partial charge in [0, 0.05) is 18.0 Å². The Bertz CT molecular complexity index is 578. The molecular formula is C15H19ClN2O2. The third kappa shape index (κ3) is 2.53. The molecule has 0 saturated carbocycles. The number of benzene rings is 1. The highest BCUT2D eigenvalue weighted by molar-refractivity contribution is 5.96. The lowest BCUT2D eigenvalue weighted by Gasteiger charge is -2.19. The van der Waals surface area contributed by atoms with Gasteiger partial charge >= 0.3 is 0 Å². The van der Waals surface area contributed by atoms with Crippen LogP contribution in [0.1, 0.15) is 23.9 Å². The van der Waals surface area contributed by atoms with Crippen molar-refractivity contribution in [3.8, 4) is 0 Å². The Hall–Kier alpha value is -1.52. The van der Waals surface area contributed by atoms with Gasteiger partial charge < -0.3 is 15.1 Å². The number of carbonyl (C=O) groups excluding carboxylic acids is 1. The summed E-state index contributed by atoms with van der Waals surface area (Å²) in [5.41, 5.74) is 6.45. The summed E-state index contributed by atoms with van der Waals surface area (Å²) in [4.78, 5) is 14.4. The van der Waals surface area contributed by atoms with Crippen LogP contribution in [0, 0.1) is 5.92 Å². The number of nitrogens with two attached hydrogens (primary N) is 1. The molecule has 1 saturated heterocycles. The summed E-state index contributed by atoms with van der Waals surface area (Å²) in [5.74, 6) is 0.800. The fraction of sp³-hybridized carbons (Fsp3) is 0.400. The molecule has 0 bridgehead atoms. The molecule has 1 aromatic carbocycles. The Kier molecular flexibility index (Phi) is 4.35. The molecule has 1 amide bonds. The third-order valence-electron chi connectivity index (χ3n) is 3.89. The molecule has 5 heteroatoms. The van der Waals surface area contributed by atoms with Crippen molar-refractivity contribution in [1.82, 2.24) is 4.90 Å². The summed E-state index contributed by atoms with van der Waals surface area (Å²) in [6.07, 6.45) is 0.975. The van der Waals surface area contributed by atoms with E-state index in [1.165, 1.54) is 0 Å². The van der Waals surface area contributed by atoms with Gasteiger partial charge in [0.1, 0.15) is 5.58 Å². The average Bonchev–Trinajstić information content (AvgIpc) is 3.01. The van der Waals surface area contributed by atoms with Gasteiger partial charge in [0.05, 0.1) is 0 Å². The molecule has 1 aliphatic heterocycles. The van der Waals surface area contributed by atoms with Crippen LogP contribution < -0.4 is 5.73 Å². The van der Waals surface area contributed by atoms with Gasteiger partial charge in [-0.05, 0) is 37.9 Å². The molecule has 2 atom stereocenters. The quantitative estimate of drug-likeness (QED) is 0.926. The van der Waals surface area contributed by atoms with Crippen molar-refractivity contribution in [2.45, 2.75) is 19.4 Å². The predicted molar refractivity (Wildman–Crippen MR) is 81.1 cm³/mol. The minimum atomic E-state index is -0.0281. The first kappa shape index (κ1) is 14.9. The summed E-state index contributed by atoms with van der Waals surface area (Å²) in [6, 6.07) is 9.72. The number of likely N-dealkylation sites (tertiary alicyclic amines) is 1. The maximum Gasteiger partial charge on any atom is 0.289 e. The summed E-state index contributed by atoms with van der Waals surface area (Å²) >= 11 is 0. The maximum atomic E-state index is 12.5. The van der Waals surface area contributed by atoms with Crippen molar-refractivity contribution in [2.75, 3.05) is 13.1 Å². The number of hydrogen-bond donors (Lipinski definition) is 1. The minimum Gasteiger partial charge on any atom is -0.451 e. The van der Waals surface area contributed by atoms with Crippen molar-refractivity contribution < 1.29 is 9.21 Å². The monoisotopic (exact) mass is 294 g/mol. The number of rotatable bonds is 2. The fourth-order valence-electron chi connectivity index (χ4n) is 2.82. The summed E-state index contributed by atoms with van der Waals surface area (Å²) in [5, 5.41) is 0.966. The van der Waals surface area contributed by atoms with Crippen LogP contribution in [0.4, 0.5) is 0 Å². The molecule has 20 heavy (non-hydrogen) atoms. The number of carbonyl (C=O) groups is 1. The smallest absolute Gasteiger partial charge is 0.289 e. The second-order valence-corrected chi connectivity index (χ2v) is 5.29. The van der Waals surface area contributed by atoms with Gasteiger partial charge in [-0.2, -0.15) is 0 Å². The molecule has 4 nitrogen and oxygen atoms in total. The summed E-state index contributed by atoms with van der Waals surface area (Å²) in [7, 11) is 0. The van der Waals surface area contributed by atoms with Crippen molar-refractivity contribution in [3.05, 3.63) is 36.1 Å². The highest BCUT2D eigenvalue weighted by Gasteiger charge is 2.33. The SMILES string of the molecule is CC1CC(CN)CN1C(=O)c1cc2ccccc2o1.Cl. The van der Waals surface area contributed by atoms with Crippen LogP contribution in [0.3, 0.4) is 0 Å². The van der Waals surface area contributed by atoms with E-state index in [1.807, 2.05) is 35.2 Å². The number of para-hydroxylation sites is 1. The molecule has 2 aromatic rings. The number of furan rings is 1. The van der Waals surface area contributed by atoms with Gasteiger partial charge in [0.2, 0.25) is 0 Å². The van der Waals surface area contributed by atoms with Crippen LogP contribution in [-0.4, -0.2) is 29.9 Å². The Morgan fingerprint density at radius 3 is 2.85 bits per heavy atom. The van der Waals surface area contributed by atoms with Crippen LogP contribution in [0.15, 0.2) is 34.7 Å². The molecule has 0 aliphatic carbocycles. The maximum absolute atomic E-state index is 12.5. The molecule has 108 valence electrons. The number of amides is 1. The summed E-state index contributed by atoms with van der Waals surface area (Å²) < 4.78 is 5.64. The van der Waals surface area contributed by atoms with Crippen molar-refractivity contribution in [1.29, 1.82) is 0 Å². The molecule has 2 heterocycles. The second-order valence-electron chi connectivity index (χ2n) is 5.29. The first-order valence-electron chi connectivity index (χ1n) is 6.68. The lowest BCUT2D eigenvalue weighted by atomic mass is 10.1. The third-order valence-corrected chi connectivity index (χ3v) is 3.89. The Morgan fingerprint density at radius 1 is 1.45 bits per heavy atom. The van der Waals surface area contributed by atoms with E-state index < -0.39 is 0 Å². The molecule has 1 aliphatic rings. The number of halogens is 1. The molecule has 2 unspecified atom stereocenters. The molecule has 1 fully saturated rings. The van der Waals surface area contributed by atoms with Crippen LogP contribution in [-0.2, 0) is 0 Å². The van der Waals surface area contributed by atoms with Gasteiger partial charge in [0.15, 0.2) is 5.76 Å². The van der Waals surface area contributed by atoms with E-state index in [9.17, 15) is 4.79 Å². The fourth-order valence-corrected chi connectivity index (χ4v) is 2.82. The number of nitrogens with zero attached hydrogens (tertiary/aromatic N) is 1. The number of fused-ring (bicyclic) bond motifs is 1. The van der Waals surface area contributed by atoms with Gasteiger partial charge in [-0.1, -0.05) is 18.2 Å². The van der Waals surface area contributed by atoms with E-state index in [-0.39, 0.29) is 24.4 Å². The molecule has 0 spiro atoms. The minimum absolute atomic E-state index is 0. The first-order valence-corrected chi connectivity index (χ1v) is 6.68. The summed E-state index contributed by atoms with van der Waals surface area (Å²) in [6.45, 7) is 3.43. The van der Waals surface area contributed by atoms with E-state index in [1.54, 1.807) is 0 Å². The van der Waals surface area contributed by atoms with Crippen LogP contribution in [0.25, 0.3) is 11.0 Å². The van der Waals surface area contributed by atoms with E-state index >= 15 is 0 Å². The molecule has 3 rings (SSSR count). The standard InChI is InChI=1S/C15H18N2O2.ClH/c1-10-6-11(8-16)9-17(10)15(18)14-7-12-4-2-3-5-13(12)19-14;/h2-5,7,10-11H,6,8-9,16H2,1H3;1H. The van der Waals surface area contributed by atoms with E-state index in [0.29, 0.717) is 18.2 Å². The highest BCUT2D eigenvalue weighted by Crippen LogP contribution is 2.26. The predicted octanol–water partition coefficient (Wildman–Crippen LogP) is 2.66. The zero-order valence-corrected chi connectivity index (χ0v) is 12.2. The van der Waals surface area contributed by atoms with E-state index in [0.717, 1.165) is 23.9 Å². The Labute approximate surface area is 124 Å². The van der Waals surface area contributed by atoms with Crippen molar-refractivity contribution in [2.24, 2.45) is 11.7 Å². The zero-order valence-electron chi connectivity index (χ0n) is 11.4. The molecule has 1 aromatic heterocycles. The average molecular weight is 295 g/mol. The van der Waals surface area contributed by atoms with Crippen LogP contribution in [0.5, 0.6) is 0 Å². The molecule has 2 N–H and O–H groups in total. The topological polar surface area (TPSA) is 59.5 Å². The van der Waals surface area contributed by atoms with Gasteiger partial charge in [-0.3, -0.25) is 4.79 Å². The van der Waals surface area contributed by atoms with E-state index in [4.69, 9.17) is 10.2 Å². The largest absolute Gasteiger partial charge is 0.451 e. The lowest BCUT2D eigenvalue weighted by Crippen LogP contribution is -2.34. The lowest BCUT2D eigenvalue weighted by molar-refractivity contribution is 0.0713. The van der Waals surface area contributed by atoms with Crippen LogP contribution >= 0.6 is 12.4 Å². The van der Waals surface area contributed by atoms with Crippen LogP contribution in [0.2, 0.25) is 0 Å². The highest BCUT2D eigenvalue weighted by atomic mass is 35.5. The Balaban J connectivity index is 0.00000147. The second kappa shape index (κ2) is 5.85. The number of hydrogen-bond acceptors (Lipinski definition) is 3. The van der Waals surface area contributed by atoms with Crippen molar-refractivity contribution in [3.63, 3.8) is 0 Å². The Morgan fingerprint density at radius 2 is 2.20 bits per heavy atom. The van der Waals surface area contributed by atoms with Crippen molar-refractivity contribution >= 4 is 29.3 Å². The molecule has 0 radical (unpaired) electrons. The normalized spacial score (nSPS) is 22.0. The van der Waals surface area contributed by atoms with E-state index in [2.05, 4.69) is 6.92 Å². The first-order chi connectivity index (χ1) is 9.19. The van der Waals surface area contributed by atoms with Gasteiger partial charge in [0.25, 0.3) is 5.91 Å².